The molecule has 1 amide bonds. The van der Waals surface area contributed by atoms with Gasteiger partial charge in [0.2, 0.25) is 5.91 Å². The van der Waals surface area contributed by atoms with Crippen molar-refractivity contribution in [2.75, 3.05) is 17.7 Å². The van der Waals surface area contributed by atoms with Crippen molar-refractivity contribution in [3.63, 3.8) is 0 Å². The van der Waals surface area contributed by atoms with E-state index in [9.17, 15) is 9.59 Å². The highest BCUT2D eigenvalue weighted by molar-refractivity contribution is 7.99. The van der Waals surface area contributed by atoms with Gasteiger partial charge in [-0.25, -0.2) is 4.98 Å². The van der Waals surface area contributed by atoms with E-state index in [4.69, 9.17) is 4.74 Å². The molecule has 2 aromatic heterocycles. The minimum Gasteiger partial charge on any atom is -0.492 e. The van der Waals surface area contributed by atoms with Gasteiger partial charge < -0.3 is 15.0 Å². The van der Waals surface area contributed by atoms with E-state index in [1.165, 1.54) is 16.3 Å². The molecule has 2 heterocycles. The fourth-order valence-electron chi connectivity index (χ4n) is 3.25. The van der Waals surface area contributed by atoms with E-state index in [2.05, 4.69) is 15.3 Å². The molecule has 0 unspecified atom stereocenters. The molecule has 0 spiro atoms. The third-order valence-electron chi connectivity index (χ3n) is 4.56. The zero-order valence-corrected chi connectivity index (χ0v) is 18.0. The van der Waals surface area contributed by atoms with Crippen LogP contribution >= 0.6 is 11.8 Å². The number of aromatic amines is 1. The molecular formula is C23H22N4O3S. The van der Waals surface area contributed by atoms with E-state index < -0.39 is 0 Å². The fourth-order valence-corrected chi connectivity index (χ4v) is 4.06. The summed E-state index contributed by atoms with van der Waals surface area (Å²) in [6.07, 6.45) is 0. The van der Waals surface area contributed by atoms with Crippen LogP contribution in [0.3, 0.4) is 0 Å². The lowest BCUT2D eigenvalue weighted by Crippen LogP contribution is -2.23. The molecule has 0 atom stereocenters. The smallest absolute Gasteiger partial charge is 0.283 e. The highest BCUT2D eigenvalue weighted by Crippen LogP contribution is 2.25. The second-order valence-corrected chi connectivity index (χ2v) is 7.79. The van der Waals surface area contributed by atoms with Gasteiger partial charge in [0.15, 0.2) is 5.16 Å². The second-order valence-electron chi connectivity index (χ2n) is 6.85. The number of nitrogens with zero attached hydrogens (tertiary/aromatic N) is 2. The van der Waals surface area contributed by atoms with Gasteiger partial charge in [0.1, 0.15) is 11.3 Å². The van der Waals surface area contributed by atoms with E-state index in [1.54, 1.807) is 6.07 Å². The Hall–Kier alpha value is -3.52. The maximum absolute atomic E-state index is 13.2. The number of aromatic nitrogens is 3. The number of hydrogen-bond donors (Lipinski definition) is 2. The molecule has 0 saturated carbocycles. The number of amides is 1. The van der Waals surface area contributed by atoms with Crippen LogP contribution in [0.15, 0.2) is 70.6 Å². The van der Waals surface area contributed by atoms with Crippen molar-refractivity contribution in [3.05, 3.63) is 76.7 Å². The molecule has 0 aliphatic carbocycles. The average molecular weight is 435 g/mol. The average Bonchev–Trinajstić information content (AvgIpc) is 3.15. The van der Waals surface area contributed by atoms with E-state index in [0.717, 1.165) is 5.69 Å². The van der Waals surface area contributed by atoms with Crippen molar-refractivity contribution >= 4 is 34.4 Å². The van der Waals surface area contributed by atoms with Crippen molar-refractivity contribution < 1.29 is 9.53 Å². The number of ether oxygens (including phenoxy) is 1. The molecule has 4 aromatic rings. The number of carbonyl (C=O) groups excluding carboxylic acids is 1. The van der Waals surface area contributed by atoms with Crippen molar-refractivity contribution in [1.29, 1.82) is 0 Å². The lowest BCUT2D eigenvalue weighted by molar-refractivity contribution is -0.113. The largest absolute Gasteiger partial charge is 0.492 e. The van der Waals surface area contributed by atoms with Crippen molar-refractivity contribution in [2.24, 2.45) is 0 Å². The second kappa shape index (κ2) is 9.09. The number of fused-ring (bicyclic) bond motifs is 1. The molecule has 0 aliphatic heterocycles. The number of para-hydroxylation sites is 3. The zero-order chi connectivity index (χ0) is 21.8. The molecule has 2 aromatic carbocycles. The lowest BCUT2D eigenvalue weighted by Gasteiger charge is -2.13. The minimum atomic E-state index is -0.212. The van der Waals surface area contributed by atoms with Crippen molar-refractivity contribution in [1.82, 2.24) is 14.5 Å². The summed E-state index contributed by atoms with van der Waals surface area (Å²) < 4.78 is 7.09. The monoisotopic (exact) mass is 434 g/mol. The summed E-state index contributed by atoms with van der Waals surface area (Å²) in [5.41, 5.74) is 2.99. The Kier molecular flexibility index (Phi) is 6.08. The topological polar surface area (TPSA) is 89.0 Å². The number of rotatable bonds is 7. The first-order chi connectivity index (χ1) is 15.1. The third-order valence-corrected chi connectivity index (χ3v) is 5.50. The maximum Gasteiger partial charge on any atom is 0.283 e. The Labute approximate surface area is 183 Å². The van der Waals surface area contributed by atoms with Crippen molar-refractivity contribution in [3.8, 4) is 11.4 Å². The van der Waals surface area contributed by atoms with Gasteiger partial charge in [-0.1, -0.05) is 42.1 Å². The maximum atomic E-state index is 13.2. The lowest BCUT2D eigenvalue weighted by atomic mass is 10.3. The number of aryl methyl sites for hydroxylation is 1. The number of hydrogen-bond acceptors (Lipinski definition) is 5. The molecule has 2 N–H and O–H groups in total. The van der Waals surface area contributed by atoms with Crippen LogP contribution in [0, 0.1) is 6.92 Å². The first kappa shape index (κ1) is 20.7. The third kappa shape index (κ3) is 4.49. The van der Waals surface area contributed by atoms with Gasteiger partial charge >= 0.3 is 0 Å². The summed E-state index contributed by atoms with van der Waals surface area (Å²) in [5, 5.41) is 3.33. The first-order valence-electron chi connectivity index (χ1n) is 9.89. The van der Waals surface area contributed by atoms with E-state index in [-0.39, 0.29) is 17.2 Å². The van der Waals surface area contributed by atoms with Gasteiger partial charge in [-0.15, -0.1) is 0 Å². The van der Waals surface area contributed by atoms with E-state index in [1.807, 2.05) is 68.4 Å². The molecule has 4 rings (SSSR count). The molecule has 0 bridgehead atoms. The molecule has 0 aliphatic rings. The van der Waals surface area contributed by atoms with Crippen molar-refractivity contribution in [2.45, 2.75) is 19.0 Å². The predicted octanol–water partition coefficient (Wildman–Crippen LogP) is 4.15. The molecule has 0 radical (unpaired) electrons. The summed E-state index contributed by atoms with van der Waals surface area (Å²) in [7, 11) is 0. The first-order valence-corrected chi connectivity index (χ1v) is 10.9. The molecule has 8 heteroatoms. The number of H-pyrrole nitrogens is 1. The Morgan fingerprint density at radius 2 is 1.90 bits per heavy atom. The number of benzene rings is 2. The molecular weight excluding hydrogens is 412 g/mol. The summed E-state index contributed by atoms with van der Waals surface area (Å²) in [4.78, 5) is 33.5. The minimum absolute atomic E-state index is 0.0919. The van der Waals surface area contributed by atoms with E-state index >= 15 is 0 Å². The van der Waals surface area contributed by atoms with Gasteiger partial charge in [0.05, 0.1) is 29.3 Å². The van der Waals surface area contributed by atoms with Crippen LogP contribution in [-0.2, 0) is 4.79 Å². The standard InChI is InChI=1S/C23H22N4O3S/c1-3-30-19-12-8-7-11-17(19)25-20(28)14-31-23-26-18-13-15(2)24-21(18)22(29)27(23)16-9-5-4-6-10-16/h4-13,24H,3,14H2,1-2H3,(H,25,28). The summed E-state index contributed by atoms with van der Waals surface area (Å²) in [6, 6.07) is 18.4. The Morgan fingerprint density at radius 1 is 1.16 bits per heavy atom. The van der Waals surface area contributed by atoms with Gasteiger partial charge in [0, 0.05) is 5.69 Å². The van der Waals surface area contributed by atoms with Gasteiger partial charge in [0.25, 0.3) is 5.56 Å². The molecule has 31 heavy (non-hydrogen) atoms. The van der Waals surface area contributed by atoms with Gasteiger partial charge in [-0.3, -0.25) is 14.2 Å². The Bertz CT molecular complexity index is 1280. The van der Waals surface area contributed by atoms with Crippen LogP contribution in [0.5, 0.6) is 5.75 Å². The van der Waals surface area contributed by atoms with Crippen LogP contribution in [0.4, 0.5) is 5.69 Å². The van der Waals surface area contributed by atoms with Crippen LogP contribution in [0.2, 0.25) is 0 Å². The summed E-state index contributed by atoms with van der Waals surface area (Å²) in [5.74, 6) is 0.498. The molecule has 0 saturated heterocycles. The van der Waals surface area contributed by atoms with Crippen LogP contribution < -0.4 is 15.6 Å². The van der Waals surface area contributed by atoms with Crippen LogP contribution in [0.25, 0.3) is 16.7 Å². The SMILES string of the molecule is CCOc1ccccc1NC(=O)CSc1nc2cc(C)[nH]c2c(=O)n1-c1ccccc1. The Morgan fingerprint density at radius 3 is 2.68 bits per heavy atom. The number of anilines is 1. The normalized spacial score (nSPS) is 10.9. The molecule has 158 valence electrons. The molecule has 7 nitrogen and oxygen atoms in total. The number of carbonyl (C=O) groups is 1. The zero-order valence-electron chi connectivity index (χ0n) is 17.2. The quantitative estimate of drug-likeness (QED) is 0.337. The highest BCUT2D eigenvalue weighted by atomic mass is 32.2. The molecule has 0 fully saturated rings. The number of thioether (sulfide) groups is 1. The summed E-state index contributed by atoms with van der Waals surface area (Å²) >= 11 is 1.21. The predicted molar refractivity (Wildman–Crippen MR) is 123 cm³/mol. The van der Waals surface area contributed by atoms with E-state index in [0.29, 0.717) is 39.9 Å². The van der Waals surface area contributed by atoms with Crippen LogP contribution in [0.1, 0.15) is 12.6 Å². The van der Waals surface area contributed by atoms with Gasteiger partial charge in [-0.2, -0.15) is 0 Å². The number of nitrogens with one attached hydrogen (secondary N) is 2. The highest BCUT2D eigenvalue weighted by Gasteiger charge is 2.16. The van der Waals surface area contributed by atoms with Crippen LogP contribution in [-0.4, -0.2) is 32.8 Å². The fraction of sp³-hybridized carbons (Fsp3) is 0.174. The van der Waals surface area contributed by atoms with Gasteiger partial charge in [-0.05, 0) is 44.2 Å². The Balaban J connectivity index is 1.62. The summed E-state index contributed by atoms with van der Waals surface area (Å²) in [6.45, 7) is 4.27.